The molecule has 1 aliphatic rings. The fraction of sp³-hybridized carbons (Fsp3) is 0.357. The van der Waals surface area contributed by atoms with Gasteiger partial charge in [-0.3, -0.25) is 0 Å². The molecule has 6 nitrogen and oxygen atoms in total. The first kappa shape index (κ1) is 16.5. The van der Waals surface area contributed by atoms with Crippen molar-refractivity contribution in [1.29, 1.82) is 0 Å². The van der Waals surface area contributed by atoms with Gasteiger partial charge in [0.15, 0.2) is 0 Å². The Labute approximate surface area is 142 Å². The smallest absolute Gasteiger partial charge is 0.340 e. The highest BCUT2D eigenvalue weighted by Crippen LogP contribution is 2.40. The Hall–Kier alpha value is -1.35. The fourth-order valence-corrected chi connectivity index (χ4v) is 5.95. The highest BCUT2D eigenvalue weighted by molar-refractivity contribution is 7.89. The summed E-state index contributed by atoms with van der Waals surface area (Å²) in [4.78, 5) is 12.1. The number of furan rings is 1. The summed E-state index contributed by atoms with van der Waals surface area (Å²) in [6, 6.07) is 1.35. The van der Waals surface area contributed by atoms with Crippen LogP contribution in [-0.2, 0) is 16.4 Å². The second-order valence-electron chi connectivity index (χ2n) is 5.37. The topological polar surface area (TPSA) is 96.6 Å². The molecule has 2 aromatic rings. The van der Waals surface area contributed by atoms with Gasteiger partial charge in [-0.15, -0.1) is 11.3 Å². The van der Waals surface area contributed by atoms with Crippen LogP contribution in [-0.4, -0.2) is 19.5 Å². The van der Waals surface area contributed by atoms with Crippen LogP contribution in [0.5, 0.6) is 0 Å². The zero-order valence-electron chi connectivity index (χ0n) is 12.3. The van der Waals surface area contributed by atoms with Crippen LogP contribution in [0.25, 0.3) is 0 Å². The lowest BCUT2D eigenvalue weighted by Crippen LogP contribution is -2.28. The van der Waals surface area contributed by atoms with Crippen molar-refractivity contribution in [3.8, 4) is 0 Å². The predicted octanol–water partition coefficient (Wildman–Crippen LogP) is 3.28. The lowest BCUT2D eigenvalue weighted by molar-refractivity contribution is 0.0691. The fourth-order valence-electron chi connectivity index (χ4n) is 2.93. The summed E-state index contributed by atoms with van der Waals surface area (Å²) in [5.74, 6) is -1.19. The molecule has 3 rings (SSSR count). The van der Waals surface area contributed by atoms with E-state index in [1.807, 2.05) is 0 Å². The molecular weight excluding hydrogens is 362 g/mol. The van der Waals surface area contributed by atoms with Gasteiger partial charge in [0.1, 0.15) is 22.0 Å². The molecule has 0 bridgehead atoms. The summed E-state index contributed by atoms with van der Waals surface area (Å²) in [7, 11) is -4.03. The Morgan fingerprint density at radius 1 is 1.43 bits per heavy atom. The highest BCUT2D eigenvalue weighted by Gasteiger charge is 2.35. The molecule has 0 aliphatic heterocycles. The molecule has 2 heterocycles. The summed E-state index contributed by atoms with van der Waals surface area (Å²) in [5.41, 5.74) is 0.537. The van der Waals surface area contributed by atoms with E-state index >= 15 is 0 Å². The van der Waals surface area contributed by atoms with Gasteiger partial charge < -0.3 is 9.52 Å². The molecule has 1 unspecified atom stereocenters. The van der Waals surface area contributed by atoms with Crippen LogP contribution in [0.3, 0.4) is 0 Å². The van der Waals surface area contributed by atoms with Crippen molar-refractivity contribution in [2.75, 3.05) is 0 Å². The molecule has 124 valence electrons. The van der Waals surface area contributed by atoms with Crippen molar-refractivity contribution < 1.29 is 22.7 Å². The summed E-state index contributed by atoms with van der Waals surface area (Å²) in [6.07, 6.45) is 1.37. The average Bonchev–Trinajstić information content (AvgIpc) is 3.03. The first-order valence-electron chi connectivity index (χ1n) is 6.84. The molecule has 0 amide bonds. The van der Waals surface area contributed by atoms with Crippen molar-refractivity contribution >= 4 is 38.9 Å². The van der Waals surface area contributed by atoms with Crippen molar-refractivity contribution in [1.82, 2.24) is 4.72 Å². The molecule has 1 atom stereocenters. The summed E-state index contributed by atoms with van der Waals surface area (Å²) >= 11 is 7.41. The maximum absolute atomic E-state index is 12.7. The van der Waals surface area contributed by atoms with E-state index in [-0.39, 0.29) is 22.0 Å². The van der Waals surface area contributed by atoms with Crippen molar-refractivity contribution in [3.63, 3.8) is 0 Å². The molecule has 2 aromatic heterocycles. The van der Waals surface area contributed by atoms with E-state index < -0.39 is 22.0 Å². The van der Waals surface area contributed by atoms with Gasteiger partial charge in [0.05, 0.1) is 4.34 Å². The van der Waals surface area contributed by atoms with E-state index in [4.69, 9.17) is 16.0 Å². The number of aromatic carboxylic acids is 1. The number of carbonyl (C=O) groups is 1. The number of nitrogens with one attached hydrogen (secondary N) is 1. The summed E-state index contributed by atoms with van der Waals surface area (Å²) in [5, 5.41) is 9.28. The number of rotatable bonds is 4. The van der Waals surface area contributed by atoms with Crippen LogP contribution in [0.4, 0.5) is 0 Å². The summed E-state index contributed by atoms with van der Waals surface area (Å²) < 4.78 is 33.8. The molecular formula is C14H14ClNO5S2. The quantitative estimate of drug-likeness (QED) is 0.854. The SMILES string of the molecule is Cc1oc(C)c(S(=O)(=O)NC2CCc3sc(Cl)cc32)c1C(=O)O. The third-order valence-corrected chi connectivity index (χ3v) is 6.80. The number of carboxylic acids is 1. The van der Waals surface area contributed by atoms with Gasteiger partial charge >= 0.3 is 5.97 Å². The molecule has 0 spiro atoms. The minimum atomic E-state index is -4.03. The van der Waals surface area contributed by atoms with Crippen LogP contribution >= 0.6 is 22.9 Å². The maximum Gasteiger partial charge on any atom is 0.340 e. The van der Waals surface area contributed by atoms with E-state index in [9.17, 15) is 18.3 Å². The van der Waals surface area contributed by atoms with E-state index in [0.29, 0.717) is 10.8 Å². The number of thiophene rings is 1. The Kier molecular flexibility index (Phi) is 4.04. The number of aryl methyl sites for hydroxylation is 3. The van der Waals surface area contributed by atoms with Gasteiger partial charge in [0, 0.05) is 10.9 Å². The van der Waals surface area contributed by atoms with E-state index in [1.165, 1.54) is 25.2 Å². The largest absolute Gasteiger partial charge is 0.478 e. The van der Waals surface area contributed by atoms with Crippen LogP contribution in [0.2, 0.25) is 4.34 Å². The monoisotopic (exact) mass is 375 g/mol. The number of hydrogen-bond acceptors (Lipinski definition) is 5. The number of carboxylic acid groups (broad SMARTS) is 1. The van der Waals surface area contributed by atoms with Crippen LogP contribution in [0.15, 0.2) is 15.4 Å². The van der Waals surface area contributed by atoms with E-state index in [0.717, 1.165) is 16.9 Å². The Morgan fingerprint density at radius 2 is 2.13 bits per heavy atom. The predicted molar refractivity (Wildman–Crippen MR) is 85.9 cm³/mol. The molecule has 0 aromatic carbocycles. The second kappa shape index (κ2) is 5.62. The second-order valence-corrected chi connectivity index (χ2v) is 8.78. The van der Waals surface area contributed by atoms with Gasteiger partial charge in [0.25, 0.3) is 0 Å². The standard InChI is InChI=1S/C14H14ClNO5S2/c1-6-12(14(17)18)13(7(2)21-6)23(19,20)16-9-3-4-10-8(9)5-11(15)22-10/h5,9,16H,3-4H2,1-2H3,(H,17,18). The number of hydrogen-bond donors (Lipinski definition) is 2. The number of sulfonamides is 1. The summed E-state index contributed by atoms with van der Waals surface area (Å²) in [6.45, 7) is 2.87. The van der Waals surface area contributed by atoms with Crippen molar-refractivity contribution in [2.24, 2.45) is 0 Å². The minimum Gasteiger partial charge on any atom is -0.478 e. The van der Waals surface area contributed by atoms with Crippen molar-refractivity contribution in [2.45, 2.75) is 37.6 Å². The van der Waals surface area contributed by atoms with Gasteiger partial charge in [-0.25, -0.2) is 17.9 Å². The van der Waals surface area contributed by atoms with Crippen molar-refractivity contribution in [3.05, 3.63) is 37.9 Å². The molecule has 0 fully saturated rings. The highest BCUT2D eigenvalue weighted by atomic mass is 35.5. The minimum absolute atomic E-state index is 0.0639. The van der Waals surface area contributed by atoms with Gasteiger partial charge in [-0.2, -0.15) is 0 Å². The molecule has 0 saturated carbocycles. The molecule has 9 heteroatoms. The van der Waals surface area contributed by atoms with E-state index in [2.05, 4.69) is 4.72 Å². The first-order valence-corrected chi connectivity index (χ1v) is 9.52. The Bertz CT molecular complexity index is 897. The van der Waals surface area contributed by atoms with Gasteiger partial charge in [-0.1, -0.05) is 11.6 Å². The molecule has 2 N–H and O–H groups in total. The van der Waals surface area contributed by atoms with Gasteiger partial charge in [0.2, 0.25) is 10.0 Å². The zero-order valence-corrected chi connectivity index (χ0v) is 14.7. The molecule has 1 aliphatic carbocycles. The number of fused-ring (bicyclic) bond motifs is 1. The zero-order chi connectivity index (χ0) is 16.9. The number of halogens is 1. The molecule has 23 heavy (non-hydrogen) atoms. The molecule has 0 saturated heterocycles. The Balaban J connectivity index is 2.00. The first-order chi connectivity index (χ1) is 10.7. The van der Waals surface area contributed by atoms with E-state index in [1.54, 1.807) is 6.07 Å². The van der Waals surface area contributed by atoms with Crippen LogP contribution in [0.1, 0.15) is 44.8 Å². The third kappa shape index (κ3) is 2.80. The lowest BCUT2D eigenvalue weighted by atomic mass is 10.2. The molecule has 0 radical (unpaired) electrons. The average molecular weight is 376 g/mol. The van der Waals surface area contributed by atoms with Crippen LogP contribution in [0, 0.1) is 13.8 Å². The Morgan fingerprint density at radius 3 is 2.78 bits per heavy atom. The normalized spacial score (nSPS) is 17.4. The maximum atomic E-state index is 12.7. The third-order valence-electron chi connectivity index (χ3n) is 3.83. The van der Waals surface area contributed by atoms with Crippen LogP contribution < -0.4 is 4.72 Å². The van der Waals surface area contributed by atoms with Gasteiger partial charge in [-0.05, 0) is 38.3 Å². The lowest BCUT2D eigenvalue weighted by Gasteiger charge is -2.13.